The number of amides is 1. The SMILES string of the molecule is CC(CS(C)(=O)=O)NC(=O)c1ccnc(F)c1. The summed E-state index contributed by atoms with van der Waals surface area (Å²) in [5, 5.41) is 2.47. The lowest BCUT2D eigenvalue weighted by Crippen LogP contribution is -2.37. The largest absolute Gasteiger partial charge is 0.349 e. The lowest BCUT2D eigenvalue weighted by Gasteiger charge is -2.12. The van der Waals surface area contributed by atoms with Crippen molar-refractivity contribution < 1.29 is 17.6 Å². The number of halogens is 1. The number of sulfone groups is 1. The Labute approximate surface area is 99.0 Å². The summed E-state index contributed by atoms with van der Waals surface area (Å²) in [5.41, 5.74) is 0.109. The fourth-order valence-electron chi connectivity index (χ4n) is 1.35. The van der Waals surface area contributed by atoms with Crippen LogP contribution in [0, 0.1) is 5.95 Å². The molecule has 0 aliphatic rings. The first-order chi connectivity index (χ1) is 7.78. The lowest BCUT2D eigenvalue weighted by molar-refractivity contribution is 0.0943. The molecule has 1 heterocycles. The molecule has 1 unspecified atom stereocenters. The van der Waals surface area contributed by atoms with Crippen LogP contribution >= 0.6 is 0 Å². The number of carbonyl (C=O) groups is 1. The van der Waals surface area contributed by atoms with Crippen LogP contribution in [0.15, 0.2) is 18.3 Å². The normalized spacial score (nSPS) is 13.1. The third kappa shape index (κ3) is 4.90. The maximum absolute atomic E-state index is 12.7. The molecule has 1 aromatic heterocycles. The highest BCUT2D eigenvalue weighted by Crippen LogP contribution is 2.01. The van der Waals surface area contributed by atoms with E-state index in [4.69, 9.17) is 0 Å². The van der Waals surface area contributed by atoms with Crippen molar-refractivity contribution in [2.75, 3.05) is 12.0 Å². The van der Waals surface area contributed by atoms with Crippen molar-refractivity contribution in [2.24, 2.45) is 0 Å². The van der Waals surface area contributed by atoms with Gasteiger partial charge in [0.1, 0.15) is 9.84 Å². The van der Waals surface area contributed by atoms with Crippen molar-refractivity contribution in [1.29, 1.82) is 0 Å². The third-order valence-electron chi connectivity index (χ3n) is 1.92. The monoisotopic (exact) mass is 260 g/mol. The number of hydrogen-bond acceptors (Lipinski definition) is 4. The molecule has 17 heavy (non-hydrogen) atoms. The second-order valence-corrected chi connectivity index (χ2v) is 6.02. The topological polar surface area (TPSA) is 76.1 Å². The zero-order chi connectivity index (χ0) is 13.1. The summed E-state index contributed by atoms with van der Waals surface area (Å²) in [5.74, 6) is -1.44. The van der Waals surface area contributed by atoms with Gasteiger partial charge in [0.05, 0.1) is 5.75 Å². The van der Waals surface area contributed by atoms with Gasteiger partial charge in [-0.15, -0.1) is 0 Å². The summed E-state index contributed by atoms with van der Waals surface area (Å²) >= 11 is 0. The van der Waals surface area contributed by atoms with Gasteiger partial charge in [-0.05, 0) is 13.0 Å². The van der Waals surface area contributed by atoms with E-state index in [0.717, 1.165) is 12.3 Å². The highest BCUT2D eigenvalue weighted by atomic mass is 32.2. The smallest absolute Gasteiger partial charge is 0.251 e. The summed E-state index contributed by atoms with van der Waals surface area (Å²) in [6, 6.07) is 1.81. The molecule has 0 bridgehead atoms. The van der Waals surface area contributed by atoms with Crippen LogP contribution in [-0.2, 0) is 9.84 Å². The first-order valence-corrected chi connectivity index (χ1v) is 6.94. The van der Waals surface area contributed by atoms with E-state index >= 15 is 0 Å². The standard InChI is InChI=1S/C10H13FN2O3S/c1-7(6-17(2,15)16)13-10(14)8-3-4-12-9(11)5-8/h3-5,7H,6H2,1-2H3,(H,13,14). The Bertz CT molecular complexity index is 516. The number of nitrogens with one attached hydrogen (secondary N) is 1. The van der Waals surface area contributed by atoms with Crippen LogP contribution in [0.3, 0.4) is 0 Å². The van der Waals surface area contributed by atoms with Crippen molar-refractivity contribution in [3.63, 3.8) is 0 Å². The summed E-state index contributed by atoms with van der Waals surface area (Å²) in [6.45, 7) is 1.57. The molecule has 0 saturated carbocycles. The van der Waals surface area contributed by atoms with E-state index in [1.54, 1.807) is 6.92 Å². The van der Waals surface area contributed by atoms with Crippen LogP contribution in [0.1, 0.15) is 17.3 Å². The molecule has 0 radical (unpaired) electrons. The number of pyridine rings is 1. The predicted molar refractivity (Wildman–Crippen MR) is 60.8 cm³/mol. The Hall–Kier alpha value is -1.50. The maximum Gasteiger partial charge on any atom is 0.251 e. The van der Waals surface area contributed by atoms with Gasteiger partial charge in [-0.3, -0.25) is 4.79 Å². The van der Waals surface area contributed by atoms with Crippen molar-refractivity contribution >= 4 is 15.7 Å². The van der Waals surface area contributed by atoms with E-state index in [1.165, 1.54) is 12.3 Å². The van der Waals surface area contributed by atoms with E-state index < -0.39 is 27.7 Å². The third-order valence-corrected chi connectivity index (χ3v) is 3.02. The van der Waals surface area contributed by atoms with Crippen molar-refractivity contribution in [3.05, 3.63) is 29.8 Å². The molecule has 0 saturated heterocycles. The Morgan fingerprint density at radius 1 is 1.59 bits per heavy atom. The molecule has 0 aliphatic carbocycles. The number of carbonyl (C=O) groups excluding carboxylic acids is 1. The van der Waals surface area contributed by atoms with Crippen LogP contribution in [-0.4, -0.2) is 37.4 Å². The van der Waals surface area contributed by atoms with E-state index in [1.807, 2.05) is 0 Å². The predicted octanol–water partition coefficient (Wildman–Crippen LogP) is 0.384. The van der Waals surface area contributed by atoms with E-state index in [0.29, 0.717) is 0 Å². The number of aromatic nitrogens is 1. The Morgan fingerprint density at radius 2 is 2.24 bits per heavy atom. The van der Waals surface area contributed by atoms with Gasteiger partial charge in [-0.1, -0.05) is 0 Å². The second kappa shape index (κ2) is 5.22. The number of nitrogens with zero attached hydrogens (tertiary/aromatic N) is 1. The first-order valence-electron chi connectivity index (χ1n) is 4.88. The summed E-state index contributed by atoms with van der Waals surface area (Å²) in [7, 11) is -3.16. The summed E-state index contributed by atoms with van der Waals surface area (Å²) < 4.78 is 34.7. The molecule has 7 heteroatoms. The van der Waals surface area contributed by atoms with Gasteiger partial charge in [0, 0.05) is 30.1 Å². The molecule has 1 amide bonds. The van der Waals surface area contributed by atoms with Crippen LogP contribution in [0.4, 0.5) is 4.39 Å². The fraction of sp³-hybridized carbons (Fsp3) is 0.400. The molecule has 5 nitrogen and oxygen atoms in total. The van der Waals surface area contributed by atoms with Gasteiger partial charge in [0.25, 0.3) is 5.91 Å². The molecule has 1 atom stereocenters. The Kier molecular flexibility index (Phi) is 4.17. The summed E-state index contributed by atoms with van der Waals surface area (Å²) in [6.07, 6.45) is 2.26. The Balaban J connectivity index is 2.67. The molecule has 1 aromatic rings. The fourth-order valence-corrected chi connectivity index (χ4v) is 2.34. The molecule has 1 rings (SSSR count). The van der Waals surface area contributed by atoms with Crippen LogP contribution in [0.25, 0.3) is 0 Å². The molecular weight excluding hydrogens is 247 g/mol. The van der Waals surface area contributed by atoms with Crippen LogP contribution < -0.4 is 5.32 Å². The molecule has 0 aliphatic heterocycles. The first kappa shape index (κ1) is 13.6. The molecule has 94 valence electrons. The zero-order valence-electron chi connectivity index (χ0n) is 9.47. The molecule has 0 spiro atoms. The average molecular weight is 260 g/mol. The highest BCUT2D eigenvalue weighted by Gasteiger charge is 2.14. The van der Waals surface area contributed by atoms with Gasteiger partial charge in [-0.25, -0.2) is 13.4 Å². The van der Waals surface area contributed by atoms with E-state index in [9.17, 15) is 17.6 Å². The number of rotatable bonds is 4. The molecule has 1 N–H and O–H groups in total. The highest BCUT2D eigenvalue weighted by molar-refractivity contribution is 7.90. The van der Waals surface area contributed by atoms with Crippen molar-refractivity contribution in [3.8, 4) is 0 Å². The van der Waals surface area contributed by atoms with E-state index in [2.05, 4.69) is 10.3 Å². The summed E-state index contributed by atoms with van der Waals surface area (Å²) in [4.78, 5) is 14.9. The minimum atomic E-state index is -3.16. The molecule has 0 fully saturated rings. The maximum atomic E-state index is 12.7. The molecular formula is C10H13FN2O3S. The number of hydrogen-bond donors (Lipinski definition) is 1. The average Bonchev–Trinajstić information content (AvgIpc) is 2.14. The lowest BCUT2D eigenvalue weighted by atomic mass is 10.2. The van der Waals surface area contributed by atoms with Crippen LogP contribution in [0.5, 0.6) is 0 Å². The van der Waals surface area contributed by atoms with E-state index in [-0.39, 0.29) is 11.3 Å². The quantitative estimate of drug-likeness (QED) is 0.794. The van der Waals surface area contributed by atoms with Gasteiger partial charge in [0.2, 0.25) is 5.95 Å². The minimum Gasteiger partial charge on any atom is -0.349 e. The van der Waals surface area contributed by atoms with Gasteiger partial charge in [0.15, 0.2) is 0 Å². The van der Waals surface area contributed by atoms with Crippen molar-refractivity contribution in [2.45, 2.75) is 13.0 Å². The zero-order valence-corrected chi connectivity index (χ0v) is 10.3. The van der Waals surface area contributed by atoms with Gasteiger partial charge in [-0.2, -0.15) is 4.39 Å². The Morgan fingerprint density at radius 3 is 2.76 bits per heavy atom. The van der Waals surface area contributed by atoms with Gasteiger partial charge < -0.3 is 5.32 Å². The van der Waals surface area contributed by atoms with Gasteiger partial charge >= 0.3 is 0 Å². The molecule has 0 aromatic carbocycles. The van der Waals surface area contributed by atoms with Crippen molar-refractivity contribution in [1.82, 2.24) is 10.3 Å². The second-order valence-electron chi connectivity index (χ2n) is 3.83. The minimum absolute atomic E-state index is 0.109. The van der Waals surface area contributed by atoms with Crippen LogP contribution in [0.2, 0.25) is 0 Å².